The molecule has 2 heterocycles. The van der Waals surface area contributed by atoms with Crippen LogP contribution in [0.5, 0.6) is 11.5 Å². The van der Waals surface area contributed by atoms with Crippen LogP contribution in [0.4, 0.5) is 17.1 Å². The van der Waals surface area contributed by atoms with Gasteiger partial charge in [-0.05, 0) is 92.0 Å². The molecule has 0 aromatic heterocycles. The molecule has 2 heteroatoms. The molecule has 3 aliphatic rings. The highest BCUT2D eigenvalue weighted by Crippen LogP contribution is 2.67. The number of benzene rings is 7. The zero-order chi connectivity index (χ0) is 29.5. The molecular weight excluding hydrogens is 546 g/mol. The lowest BCUT2D eigenvalue weighted by molar-refractivity contribution is 0.473. The third-order valence-electron chi connectivity index (χ3n) is 9.85. The minimum atomic E-state index is -0.547. The Balaban J connectivity index is 1.36. The summed E-state index contributed by atoms with van der Waals surface area (Å²) in [6.45, 7) is 0. The second kappa shape index (κ2) is 9.07. The molecule has 210 valence electrons. The number of rotatable bonds is 2. The molecule has 0 radical (unpaired) electrons. The van der Waals surface area contributed by atoms with Crippen LogP contribution in [-0.2, 0) is 5.41 Å². The monoisotopic (exact) mass is 573 g/mol. The van der Waals surface area contributed by atoms with Crippen molar-refractivity contribution in [1.82, 2.24) is 0 Å². The first-order valence-electron chi connectivity index (χ1n) is 15.5. The Labute approximate surface area is 262 Å². The minimum absolute atomic E-state index is 0.547. The van der Waals surface area contributed by atoms with Gasteiger partial charge in [-0.2, -0.15) is 0 Å². The van der Waals surface area contributed by atoms with Crippen molar-refractivity contribution in [3.63, 3.8) is 0 Å². The Morgan fingerprint density at radius 3 is 1.58 bits per heavy atom. The van der Waals surface area contributed by atoms with Crippen molar-refractivity contribution in [2.45, 2.75) is 5.41 Å². The zero-order valence-electron chi connectivity index (χ0n) is 24.4. The van der Waals surface area contributed by atoms with Crippen molar-refractivity contribution in [2.24, 2.45) is 0 Å². The number of para-hydroxylation sites is 4. The quantitative estimate of drug-likeness (QED) is 0.204. The molecule has 0 N–H and O–H groups in total. The van der Waals surface area contributed by atoms with Crippen LogP contribution in [0.25, 0.3) is 33.4 Å². The van der Waals surface area contributed by atoms with Crippen molar-refractivity contribution in [1.29, 1.82) is 0 Å². The summed E-state index contributed by atoms with van der Waals surface area (Å²) in [6.07, 6.45) is 0. The largest absolute Gasteiger partial charge is 0.453 e. The number of hydrogen-bond donors (Lipinski definition) is 0. The number of anilines is 3. The van der Waals surface area contributed by atoms with E-state index in [1.807, 2.05) is 6.07 Å². The van der Waals surface area contributed by atoms with Crippen LogP contribution in [0.1, 0.15) is 22.3 Å². The van der Waals surface area contributed by atoms with E-state index in [2.05, 4.69) is 163 Å². The summed E-state index contributed by atoms with van der Waals surface area (Å²) in [7, 11) is 0. The first-order valence-corrected chi connectivity index (χ1v) is 15.5. The van der Waals surface area contributed by atoms with Crippen LogP contribution >= 0.6 is 0 Å². The van der Waals surface area contributed by atoms with Gasteiger partial charge in [0.2, 0.25) is 0 Å². The Morgan fingerprint density at radius 1 is 0.378 bits per heavy atom. The second-order valence-corrected chi connectivity index (χ2v) is 12.1. The van der Waals surface area contributed by atoms with Crippen molar-refractivity contribution < 1.29 is 4.74 Å². The molecule has 45 heavy (non-hydrogen) atoms. The van der Waals surface area contributed by atoms with Gasteiger partial charge >= 0.3 is 0 Å². The lowest BCUT2D eigenvalue weighted by Crippen LogP contribution is -2.37. The average molecular weight is 574 g/mol. The number of nitrogens with zero attached hydrogens (tertiary/aromatic N) is 1. The molecule has 10 rings (SSSR count). The molecule has 0 atom stereocenters. The van der Waals surface area contributed by atoms with Gasteiger partial charge in [-0.25, -0.2) is 0 Å². The molecule has 0 bridgehead atoms. The van der Waals surface area contributed by atoms with E-state index in [1.54, 1.807) is 0 Å². The van der Waals surface area contributed by atoms with E-state index in [1.165, 1.54) is 61.3 Å². The first-order chi connectivity index (χ1) is 22.3. The van der Waals surface area contributed by atoms with E-state index in [9.17, 15) is 0 Å². The van der Waals surface area contributed by atoms with E-state index >= 15 is 0 Å². The fraction of sp³-hybridized carbons (Fsp3) is 0.0233. The van der Waals surface area contributed by atoms with Crippen molar-refractivity contribution in [3.05, 3.63) is 186 Å². The van der Waals surface area contributed by atoms with Gasteiger partial charge < -0.3 is 9.64 Å². The van der Waals surface area contributed by atoms with Gasteiger partial charge in [0.1, 0.15) is 0 Å². The van der Waals surface area contributed by atoms with E-state index in [0.29, 0.717) is 0 Å². The summed E-state index contributed by atoms with van der Waals surface area (Å²) in [5, 5.41) is 0. The molecule has 1 aliphatic carbocycles. The fourth-order valence-corrected chi connectivity index (χ4v) is 8.01. The SMILES string of the molecule is c1ccc(-c2ccc3c(c2)C2(c4cc(-c5ccccc5)ccc4-3)c3ccccc3N3c4ccccc4Oc4cccc2c43)cc1. The molecule has 7 aromatic carbocycles. The summed E-state index contributed by atoms with van der Waals surface area (Å²) in [6, 6.07) is 59.5. The van der Waals surface area contributed by atoms with Crippen LogP contribution in [-0.4, -0.2) is 0 Å². The van der Waals surface area contributed by atoms with Crippen LogP contribution < -0.4 is 9.64 Å². The predicted octanol–water partition coefficient (Wildman–Crippen LogP) is 11.3. The van der Waals surface area contributed by atoms with Crippen LogP contribution in [0, 0.1) is 0 Å². The summed E-state index contributed by atoms with van der Waals surface area (Å²) >= 11 is 0. The van der Waals surface area contributed by atoms with Crippen LogP contribution in [0.2, 0.25) is 0 Å². The summed E-state index contributed by atoms with van der Waals surface area (Å²) in [5.41, 5.74) is 15.4. The maximum atomic E-state index is 6.66. The summed E-state index contributed by atoms with van der Waals surface area (Å²) in [5.74, 6) is 1.76. The maximum absolute atomic E-state index is 6.66. The Kier molecular flexibility index (Phi) is 4.95. The number of ether oxygens (including phenoxy) is 1. The summed E-state index contributed by atoms with van der Waals surface area (Å²) in [4.78, 5) is 2.42. The molecule has 2 aliphatic heterocycles. The standard InChI is InChI=1S/C43H27NO/c1-3-12-28(13-4-1)30-22-24-32-33-25-23-31(29-14-5-2-6-15-29)27-37(33)43(36(32)26-30)34-16-7-8-18-38(34)44-39-19-9-10-20-40(39)45-41-21-11-17-35(43)42(41)44/h1-27H. The van der Waals surface area contributed by atoms with Crippen LogP contribution in [0.15, 0.2) is 164 Å². The number of hydrogen-bond acceptors (Lipinski definition) is 2. The fourth-order valence-electron chi connectivity index (χ4n) is 8.01. The highest BCUT2D eigenvalue weighted by atomic mass is 16.5. The third-order valence-corrected chi connectivity index (χ3v) is 9.85. The summed E-state index contributed by atoms with van der Waals surface area (Å²) < 4.78 is 6.66. The topological polar surface area (TPSA) is 12.5 Å². The van der Waals surface area contributed by atoms with Gasteiger partial charge in [-0.3, -0.25) is 0 Å². The Morgan fingerprint density at radius 2 is 0.911 bits per heavy atom. The Bertz CT molecular complexity index is 2220. The van der Waals surface area contributed by atoms with E-state index in [-0.39, 0.29) is 0 Å². The molecule has 0 saturated carbocycles. The smallest absolute Gasteiger partial charge is 0.151 e. The molecular formula is C43H27NO. The first kappa shape index (κ1) is 24.6. The second-order valence-electron chi connectivity index (χ2n) is 12.1. The van der Waals surface area contributed by atoms with E-state index in [4.69, 9.17) is 4.74 Å². The van der Waals surface area contributed by atoms with Crippen molar-refractivity contribution in [3.8, 4) is 44.9 Å². The molecule has 1 spiro atoms. The van der Waals surface area contributed by atoms with Crippen molar-refractivity contribution >= 4 is 17.1 Å². The lowest BCUT2D eigenvalue weighted by atomic mass is 9.64. The minimum Gasteiger partial charge on any atom is -0.453 e. The molecule has 7 aromatic rings. The molecule has 0 amide bonds. The van der Waals surface area contributed by atoms with Gasteiger partial charge in [-0.1, -0.05) is 127 Å². The Hall–Kier alpha value is -5.86. The highest BCUT2D eigenvalue weighted by molar-refractivity contribution is 6.00. The third kappa shape index (κ3) is 3.23. The molecule has 0 saturated heterocycles. The van der Waals surface area contributed by atoms with Gasteiger partial charge in [0, 0.05) is 0 Å². The van der Waals surface area contributed by atoms with Gasteiger partial charge in [0.25, 0.3) is 0 Å². The van der Waals surface area contributed by atoms with E-state index in [0.717, 1.165) is 22.9 Å². The average Bonchev–Trinajstić information content (AvgIpc) is 3.40. The van der Waals surface area contributed by atoms with Gasteiger partial charge in [0.05, 0.1) is 22.5 Å². The molecule has 0 unspecified atom stereocenters. The zero-order valence-corrected chi connectivity index (χ0v) is 24.4. The molecule has 0 fully saturated rings. The van der Waals surface area contributed by atoms with Gasteiger partial charge in [-0.15, -0.1) is 0 Å². The predicted molar refractivity (Wildman–Crippen MR) is 183 cm³/mol. The molecule has 2 nitrogen and oxygen atoms in total. The van der Waals surface area contributed by atoms with Crippen molar-refractivity contribution in [2.75, 3.05) is 4.90 Å². The normalized spacial score (nSPS) is 14.1. The van der Waals surface area contributed by atoms with E-state index < -0.39 is 5.41 Å². The number of fused-ring (bicyclic) bond motifs is 11. The van der Waals surface area contributed by atoms with Crippen LogP contribution in [0.3, 0.4) is 0 Å². The maximum Gasteiger partial charge on any atom is 0.151 e. The lowest BCUT2D eigenvalue weighted by Gasteiger charge is -2.47. The van der Waals surface area contributed by atoms with Gasteiger partial charge in [0.15, 0.2) is 11.5 Å². The highest BCUT2D eigenvalue weighted by Gasteiger charge is 2.53.